The van der Waals surface area contributed by atoms with Crippen LogP contribution >= 0.6 is 11.3 Å². The molecule has 2 aliphatic rings. The zero-order chi connectivity index (χ0) is 13.2. The molecule has 1 N–H and O–H groups in total. The molecule has 4 nitrogen and oxygen atoms in total. The van der Waals surface area contributed by atoms with E-state index in [1.807, 2.05) is 16.2 Å². The highest BCUT2D eigenvalue weighted by Gasteiger charge is 2.24. The van der Waals surface area contributed by atoms with Crippen LogP contribution in [0, 0.1) is 0 Å². The fourth-order valence-corrected chi connectivity index (χ4v) is 3.80. The molecule has 104 valence electrons. The molecule has 3 rings (SSSR count). The normalized spacial score (nSPS) is 24.3. The van der Waals surface area contributed by atoms with Crippen LogP contribution in [0.1, 0.15) is 17.4 Å². The standard InChI is InChI=1S/C14H21N3OS/c1-11-8-16(6-4-15-11)10-14(18)17-5-2-13-12(9-17)3-7-19-13/h3,7,11,15H,2,4-6,8-10H2,1H3/t11-/m1/s1. The zero-order valence-corrected chi connectivity index (χ0v) is 12.2. The van der Waals surface area contributed by atoms with Crippen molar-refractivity contribution in [3.05, 3.63) is 21.9 Å². The molecule has 1 fully saturated rings. The van der Waals surface area contributed by atoms with Crippen molar-refractivity contribution in [1.29, 1.82) is 0 Å². The van der Waals surface area contributed by atoms with Gasteiger partial charge in [-0.15, -0.1) is 11.3 Å². The van der Waals surface area contributed by atoms with Crippen LogP contribution in [0.4, 0.5) is 0 Å². The van der Waals surface area contributed by atoms with E-state index in [-0.39, 0.29) is 5.91 Å². The van der Waals surface area contributed by atoms with E-state index in [9.17, 15) is 4.79 Å². The molecule has 1 aromatic heterocycles. The summed E-state index contributed by atoms with van der Waals surface area (Å²) in [7, 11) is 0. The molecule has 2 aliphatic heterocycles. The zero-order valence-electron chi connectivity index (χ0n) is 11.4. The van der Waals surface area contributed by atoms with E-state index in [4.69, 9.17) is 0 Å². The molecule has 0 aliphatic carbocycles. The Morgan fingerprint density at radius 2 is 2.42 bits per heavy atom. The number of hydrogen-bond acceptors (Lipinski definition) is 4. The number of nitrogens with one attached hydrogen (secondary N) is 1. The van der Waals surface area contributed by atoms with E-state index in [0.29, 0.717) is 12.6 Å². The molecule has 0 unspecified atom stereocenters. The summed E-state index contributed by atoms with van der Waals surface area (Å²) in [5.74, 6) is 0.283. The Hall–Kier alpha value is -0.910. The number of fused-ring (bicyclic) bond motifs is 1. The van der Waals surface area contributed by atoms with Crippen molar-refractivity contribution in [2.24, 2.45) is 0 Å². The second-order valence-corrected chi connectivity index (χ2v) is 6.53. The molecule has 3 heterocycles. The highest BCUT2D eigenvalue weighted by atomic mass is 32.1. The van der Waals surface area contributed by atoms with Gasteiger partial charge in [0.2, 0.25) is 5.91 Å². The van der Waals surface area contributed by atoms with Crippen molar-refractivity contribution < 1.29 is 4.79 Å². The van der Waals surface area contributed by atoms with Gasteiger partial charge in [0.25, 0.3) is 0 Å². The minimum absolute atomic E-state index is 0.283. The number of thiophene rings is 1. The Morgan fingerprint density at radius 1 is 1.53 bits per heavy atom. The molecule has 0 saturated carbocycles. The van der Waals surface area contributed by atoms with Crippen molar-refractivity contribution in [3.8, 4) is 0 Å². The molecule has 0 radical (unpaired) electrons. The molecular formula is C14H21N3OS. The summed E-state index contributed by atoms with van der Waals surface area (Å²) in [5, 5.41) is 5.54. The van der Waals surface area contributed by atoms with Gasteiger partial charge in [-0.2, -0.15) is 0 Å². The van der Waals surface area contributed by atoms with Gasteiger partial charge in [-0.05, 0) is 30.4 Å². The van der Waals surface area contributed by atoms with Crippen molar-refractivity contribution in [3.63, 3.8) is 0 Å². The van der Waals surface area contributed by atoms with Crippen molar-refractivity contribution >= 4 is 17.2 Å². The van der Waals surface area contributed by atoms with Crippen LogP contribution in [0.2, 0.25) is 0 Å². The topological polar surface area (TPSA) is 35.6 Å². The maximum Gasteiger partial charge on any atom is 0.237 e. The summed E-state index contributed by atoms with van der Waals surface area (Å²) in [5.41, 5.74) is 1.35. The average molecular weight is 279 g/mol. The fraction of sp³-hybridized carbons (Fsp3) is 0.643. The Bertz CT molecular complexity index is 459. The average Bonchev–Trinajstić information content (AvgIpc) is 2.85. The molecule has 19 heavy (non-hydrogen) atoms. The molecular weight excluding hydrogens is 258 g/mol. The SMILES string of the molecule is C[C@@H]1CN(CC(=O)N2CCc3sccc3C2)CCN1. The van der Waals surface area contributed by atoms with Gasteiger partial charge in [0.05, 0.1) is 6.54 Å². The lowest BCUT2D eigenvalue weighted by atomic mass is 10.1. The maximum atomic E-state index is 12.4. The van der Waals surface area contributed by atoms with Crippen molar-refractivity contribution in [2.45, 2.75) is 25.9 Å². The summed E-state index contributed by atoms with van der Waals surface area (Å²) < 4.78 is 0. The quantitative estimate of drug-likeness (QED) is 0.875. The van der Waals surface area contributed by atoms with E-state index in [2.05, 4.69) is 28.6 Å². The second-order valence-electron chi connectivity index (χ2n) is 5.52. The summed E-state index contributed by atoms with van der Waals surface area (Å²) in [6, 6.07) is 2.65. The third-order valence-electron chi connectivity index (χ3n) is 3.97. The van der Waals surface area contributed by atoms with Crippen LogP contribution in [0.25, 0.3) is 0 Å². The number of nitrogens with zero attached hydrogens (tertiary/aromatic N) is 2. The molecule has 5 heteroatoms. The predicted molar refractivity (Wildman–Crippen MR) is 77.3 cm³/mol. The Labute approximate surface area is 118 Å². The van der Waals surface area contributed by atoms with Gasteiger partial charge in [0, 0.05) is 43.6 Å². The van der Waals surface area contributed by atoms with Crippen LogP contribution in [-0.4, -0.2) is 54.5 Å². The van der Waals surface area contributed by atoms with Gasteiger partial charge in [-0.25, -0.2) is 0 Å². The molecule has 0 aromatic carbocycles. The van der Waals surface area contributed by atoms with E-state index >= 15 is 0 Å². The smallest absolute Gasteiger partial charge is 0.237 e. The molecule has 1 saturated heterocycles. The van der Waals surface area contributed by atoms with E-state index < -0.39 is 0 Å². The van der Waals surface area contributed by atoms with Crippen LogP contribution in [0.15, 0.2) is 11.4 Å². The largest absolute Gasteiger partial charge is 0.337 e. The third-order valence-corrected chi connectivity index (χ3v) is 5.00. The van der Waals surface area contributed by atoms with Gasteiger partial charge in [0.15, 0.2) is 0 Å². The highest BCUT2D eigenvalue weighted by molar-refractivity contribution is 7.10. The first-order valence-corrected chi connectivity index (χ1v) is 7.89. The van der Waals surface area contributed by atoms with Gasteiger partial charge in [-0.3, -0.25) is 9.69 Å². The van der Waals surface area contributed by atoms with Gasteiger partial charge < -0.3 is 10.2 Å². The fourth-order valence-electron chi connectivity index (χ4n) is 2.91. The second kappa shape index (κ2) is 5.61. The number of hydrogen-bond donors (Lipinski definition) is 1. The first kappa shape index (κ1) is 13.1. The number of carbonyl (C=O) groups excluding carboxylic acids is 1. The molecule has 0 spiro atoms. The monoisotopic (exact) mass is 279 g/mol. The van der Waals surface area contributed by atoms with Crippen LogP contribution in [-0.2, 0) is 17.8 Å². The summed E-state index contributed by atoms with van der Waals surface area (Å²) in [4.78, 5) is 18.1. The van der Waals surface area contributed by atoms with Crippen LogP contribution in [0.3, 0.4) is 0 Å². The number of amides is 1. The molecule has 1 atom stereocenters. The number of piperazine rings is 1. The van der Waals surface area contributed by atoms with E-state index in [1.165, 1.54) is 10.4 Å². The summed E-state index contributed by atoms with van der Waals surface area (Å²) in [6.07, 6.45) is 1.02. The van der Waals surface area contributed by atoms with E-state index in [0.717, 1.165) is 39.1 Å². The lowest BCUT2D eigenvalue weighted by molar-refractivity contribution is -0.133. The van der Waals surface area contributed by atoms with Crippen LogP contribution < -0.4 is 5.32 Å². The highest BCUT2D eigenvalue weighted by Crippen LogP contribution is 2.24. The van der Waals surface area contributed by atoms with Crippen LogP contribution in [0.5, 0.6) is 0 Å². The molecule has 0 bridgehead atoms. The van der Waals surface area contributed by atoms with Gasteiger partial charge in [-0.1, -0.05) is 0 Å². The Balaban J connectivity index is 1.56. The third kappa shape index (κ3) is 2.99. The first-order chi connectivity index (χ1) is 9.22. The lowest BCUT2D eigenvalue weighted by Gasteiger charge is -2.34. The first-order valence-electron chi connectivity index (χ1n) is 7.01. The predicted octanol–water partition coefficient (Wildman–Crippen LogP) is 0.926. The Kier molecular flexibility index (Phi) is 3.86. The van der Waals surface area contributed by atoms with Gasteiger partial charge in [0.1, 0.15) is 0 Å². The molecule has 1 amide bonds. The summed E-state index contributed by atoms with van der Waals surface area (Å²) in [6.45, 7) is 7.38. The van der Waals surface area contributed by atoms with Crippen molar-refractivity contribution in [2.75, 3.05) is 32.7 Å². The van der Waals surface area contributed by atoms with Gasteiger partial charge >= 0.3 is 0 Å². The number of rotatable bonds is 2. The maximum absolute atomic E-state index is 12.4. The minimum Gasteiger partial charge on any atom is -0.337 e. The van der Waals surface area contributed by atoms with Crippen molar-refractivity contribution in [1.82, 2.24) is 15.1 Å². The van der Waals surface area contributed by atoms with E-state index in [1.54, 1.807) is 0 Å². The number of carbonyl (C=O) groups is 1. The molecule has 1 aromatic rings. The Morgan fingerprint density at radius 3 is 3.26 bits per heavy atom. The lowest BCUT2D eigenvalue weighted by Crippen LogP contribution is -2.52. The summed E-state index contributed by atoms with van der Waals surface area (Å²) >= 11 is 1.82. The minimum atomic E-state index is 0.283.